The van der Waals surface area contributed by atoms with Gasteiger partial charge in [-0.15, -0.1) is 0 Å². The summed E-state index contributed by atoms with van der Waals surface area (Å²) in [5.74, 6) is -1.05. The minimum absolute atomic E-state index is 0.0337. The maximum atomic E-state index is 14.3. The van der Waals surface area contributed by atoms with Gasteiger partial charge in [0.25, 0.3) is 10.0 Å². The first-order valence-electron chi connectivity index (χ1n) is 12.9. The number of rotatable bonds is 11. The summed E-state index contributed by atoms with van der Waals surface area (Å²) in [5, 5.41) is 3.39. The standard InChI is InChI=1S/C31H28Cl3N3O4S/c1-35-31(39)29(18-22-10-4-2-5-11-22)36(20-23-12-8-9-15-26(23)33)30(38)21-37(28-17-16-24(32)19-27(28)34)42(40,41)25-13-6-3-7-14-25/h2-17,19,29H,18,20-21H2,1H3,(H,35,39)/t29-/m1/s1. The van der Waals surface area contributed by atoms with Crippen LogP contribution in [0.4, 0.5) is 5.69 Å². The molecular weight excluding hydrogens is 617 g/mol. The molecule has 0 radical (unpaired) electrons. The van der Waals surface area contributed by atoms with Gasteiger partial charge in [-0.3, -0.25) is 13.9 Å². The van der Waals surface area contributed by atoms with E-state index in [4.69, 9.17) is 34.8 Å². The quantitative estimate of drug-likeness (QED) is 0.210. The van der Waals surface area contributed by atoms with Gasteiger partial charge in [0.1, 0.15) is 12.6 Å². The van der Waals surface area contributed by atoms with E-state index >= 15 is 0 Å². The summed E-state index contributed by atoms with van der Waals surface area (Å²) in [6, 6.07) is 27.3. The molecule has 2 amide bonds. The topological polar surface area (TPSA) is 86.8 Å². The molecule has 1 N–H and O–H groups in total. The molecular formula is C31H28Cl3N3O4S. The number of halogens is 3. The van der Waals surface area contributed by atoms with Crippen LogP contribution in [0, 0.1) is 0 Å². The van der Waals surface area contributed by atoms with E-state index in [1.54, 1.807) is 42.5 Å². The van der Waals surface area contributed by atoms with Crippen molar-refractivity contribution in [3.63, 3.8) is 0 Å². The van der Waals surface area contributed by atoms with E-state index < -0.39 is 34.4 Å². The monoisotopic (exact) mass is 643 g/mol. The molecule has 0 saturated heterocycles. The van der Waals surface area contributed by atoms with Gasteiger partial charge in [0.2, 0.25) is 11.8 Å². The summed E-state index contributed by atoms with van der Waals surface area (Å²) in [6.45, 7) is -0.692. The fourth-order valence-corrected chi connectivity index (χ4v) is 6.66. The van der Waals surface area contributed by atoms with E-state index in [-0.39, 0.29) is 28.6 Å². The van der Waals surface area contributed by atoms with Crippen molar-refractivity contribution in [1.82, 2.24) is 10.2 Å². The first-order chi connectivity index (χ1) is 20.1. The minimum atomic E-state index is -4.28. The van der Waals surface area contributed by atoms with Crippen LogP contribution in [0.3, 0.4) is 0 Å². The van der Waals surface area contributed by atoms with Crippen LogP contribution in [-0.2, 0) is 32.6 Å². The second kappa shape index (κ2) is 14.1. The number of likely N-dealkylation sites (N-methyl/N-ethyl adjacent to an activating group) is 1. The number of nitrogens with zero attached hydrogens (tertiary/aromatic N) is 2. The number of benzene rings is 4. The first-order valence-corrected chi connectivity index (χ1v) is 15.5. The molecule has 4 aromatic rings. The summed E-state index contributed by atoms with van der Waals surface area (Å²) in [6.07, 6.45) is 0.184. The predicted octanol–water partition coefficient (Wildman–Crippen LogP) is 6.23. The number of anilines is 1. The van der Waals surface area contributed by atoms with Gasteiger partial charge in [-0.25, -0.2) is 8.42 Å². The molecule has 0 aliphatic heterocycles. The average Bonchev–Trinajstić information content (AvgIpc) is 2.99. The maximum absolute atomic E-state index is 14.3. The molecule has 4 aromatic carbocycles. The largest absolute Gasteiger partial charge is 0.357 e. The molecule has 0 spiro atoms. The molecule has 0 fully saturated rings. The van der Waals surface area contributed by atoms with Crippen LogP contribution in [0.5, 0.6) is 0 Å². The van der Waals surface area contributed by atoms with Gasteiger partial charge in [-0.05, 0) is 47.5 Å². The van der Waals surface area contributed by atoms with Gasteiger partial charge in [0, 0.05) is 30.1 Å². The van der Waals surface area contributed by atoms with Crippen LogP contribution in [0.1, 0.15) is 11.1 Å². The van der Waals surface area contributed by atoms with Crippen LogP contribution < -0.4 is 9.62 Å². The molecule has 0 unspecified atom stereocenters. The summed E-state index contributed by atoms with van der Waals surface area (Å²) >= 11 is 19.0. The Balaban J connectivity index is 1.81. The Hall–Kier alpha value is -3.56. The van der Waals surface area contributed by atoms with Crippen molar-refractivity contribution in [2.24, 2.45) is 0 Å². The molecule has 7 nitrogen and oxygen atoms in total. The van der Waals surface area contributed by atoms with E-state index in [0.29, 0.717) is 15.6 Å². The number of carbonyl (C=O) groups excluding carboxylic acids is 2. The Morgan fingerprint density at radius 3 is 2.05 bits per heavy atom. The van der Waals surface area contributed by atoms with Crippen molar-refractivity contribution >= 4 is 62.3 Å². The number of sulfonamides is 1. The molecule has 0 aliphatic carbocycles. The summed E-state index contributed by atoms with van der Waals surface area (Å²) in [7, 11) is -2.79. The van der Waals surface area contributed by atoms with Gasteiger partial charge >= 0.3 is 0 Å². The zero-order valence-electron chi connectivity index (χ0n) is 22.6. The minimum Gasteiger partial charge on any atom is -0.357 e. The number of carbonyl (C=O) groups is 2. The average molecular weight is 645 g/mol. The fourth-order valence-electron chi connectivity index (χ4n) is 4.45. The van der Waals surface area contributed by atoms with E-state index in [1.807, 2.05) is 30.3 Å². The molecule has 4 rings (SSSR count). The van der Waals surface area contributed by atoms with Crippen molar-refractivity contribution in [2.75, 3.05) is 17.9 Å². The molecule has 1 atom stereocenters. The molecule has 42 heavy (non-hydrogen) atoms. The Morgan fingerprint density at radius 2 is 1.43 bits per heavy atom. The lowest BCUT2D eigenvalue weighted by Crippen LogP contribution is -2.53. The highest BCUT2D eigenvalue weighted by atomic mass is 35.5. The van der Waals surface area contributed by atoms with Crippen molar-refractivity contribution in [3.8, 4) is 0 Å². The van der Waals surface area contributed by atoms with Crippen LogP contribution in [-0.4, -0.2) is 44.8 Å². The smallest absolute Gasteiger partial charge is 0.264 e. The number of hydrogen-bond donors (Lipinski definition) is 1. The molecule has 11 heteroatoms. The van der Waals surface area contributed by atoms with Crippen LogP contribution in [0.25, 0.3) is 0 Å². The van der Waals surface area contributed by atoms with Gasteiger partial charge in [0.15, 0.2) is 0 Å². The third kappa shape index (κ3) is 7.44. The van der Waals surface area contributed by atoms with E-state index in [2.05, 4.69) is 5.32 Å². The van der Waals surface area contributed by atoms with Gasteiger partial charge < -0.3 is 10.2 Å². The van der Waals surface area contributed by atoms with Gasteiger partial charge in [-0.2, -0.15) is 0 Å². The Morgan fingerprint density at radius 1 is 0.810 bits per heavy atom. The van der Waals surface area contributed by atoms with Crippen molar-refractivity contribution in [2.45, 2.75) is 23.9 Å². The molecule has 0 aliphatic rings. The Bertz CT molecular complexity index is 1650. The second-order valence-electron chi connectivity index (χ2n) is 9.35. The lowest BCUT2D eigenvalue weighted by molar-refractivity contribution is -0.139. The normalized spacial score (nSPS) is 11.9. The van der Waals surface area contributed by atoms with Crippen molar-refractivity contribution < 1.29 is 18.0 Å². The SMILES string of the molecule is CNC(=O)[C@@H](Cc1ccccc1)N(Cc1ccccc1Cl)C(=O)CN(c1ccc(Cl)cc1Cl)S(=O)(=O)c1ccccc1. The molecule has 0 bridgehead atoms. The highest BCUT2D eigenvalue weighted by Crippen LogP contribution is 2.33. The summed E-state index contributed by atoms with van der Waals surface area (Å²) < 4.78 is 28.8. The lowest BCUT2D eigenvalue weighted by Gasteiger charge is -2.34. The Labute approximate surface area is 260 Å². The third-order valence-corrected chi connectivity index (χ3v) is 9.29. The van der Waals surface area contributed by atoms with Crippen molar-refractivity contribution in [3.05, 3.63) is 129 Å². The fraction of sp³-hybridized carbons (Fsp3) is 0.161. The maximum Gasteiger partial charge on any atom is 0.264 e. The second-order valence-corrected chi connectivity index (χ2v) is 12.5. The first kappa shape index (κ1) is 31.4. The lowest BCUT2D eigenvalue weighted by atomic mass is 10.0. The molecule has 0 heterocycles. The van der Waals surface area contributed by atoms with E-state index in [9.17, 15) is 18.0 Å². The molecule has 0 saturated carbocycles. The molecule has 218 valence electrons. The number of amides is 2. The van der Waals surface area contributed by atoms with Crippen LogP contribution in [0.2, 0.25) is 15.1 Å². The highest BCUT2D eigenvalue weighted by molar-refractivity contribution is 7.92. The number of nitrogens with one attached hydrogen (secondary N) is 1. The zero-order chi connectivity index (χ0) is 30.3. The van der Waals surface area contributed by atoms with Gasteiger partial charge in [0.05, 0.1) is 15.6 Å². The number of hydrogen-bond acceptors (Lipinski definition) is 4. The predicted molar refractivity (Wildman–Crippen MR) is 167 cm³/mol. The summed E-state index contributed by atoms with van der Waals surface area (Å²) in [5.41, 5.74) is 1.48. The Kier molecular flexibility index (Phi) is 10.5. The molecule has 0 aromatic heterocycles. The van der Waals surface area contributed by atoms with Gasteiger partial charge in [-0.1, -0.05) is 102 Å². The van der Waals surface area contributed by atoms with Crippen LogP contribution >= 0.6 is 34.8 Å². The van der Waals surface area contributed by atoms with Crippen molar-refractivity contribution in [1.29, 1.82) is 0 Å². The summed E-state index contributed by atoms with van der Waals surface area (Å²) in [4.78, 5) is 28.9. The third-order valence-electron chi connectivity index (χ3n) is 6.60. The van der Waals surface area contributed by atoms with E-state index in [0.717, 1.165) is 9.87 Å². The van der Waals surface area contributed by atoms with E-state index in [1.165, 1.54) is 42.3 Å². The van der Waals surface area contributed by atoms with Crippen LogP contribution in [0.15, 0.2) is 108 Å². The zero-order valence-corrected chi connectivity index (χ0v) is 25.7. The highest BCUT2D eigenvalue weighted by Gasteiger charge is 2.35.